The molecule has 0 radical (unpaired) electrons. The van der Waals surface area contributed by atoms with Gasteiger partial charge in [-0.1, -0.05) is 32.9 Å². The second kappa shape index (κ2) is 5.37. The number of rotatable bonds is 1. The van der Waals surface area contributed by atoms with Crippen LogP contribution in [0, 0.1) is 0 Å². The van der Waals surface area contributed by atoms with Gasteiger partial charge in [0.2, 0.25) is 0 Å². The summed E-state index contributed by atoms with van der Waals surface area (Å²) in [5.41, 5.74) is 8.77. The van der Waals surface area contributed by atoms with Crippen molar-refractivity contribution in [3.63, 3.8) is 0 Å². The summed E-state index contributed by atoms with van der Waals surface area (Å²) in [4.78, 5) is 25.4. The van der Waals surface area contributed by atoms with Gasteiger partial charge in [0.25, 0.3) is 5.91 Å². The van der Waals surface area contributed by atoms with Crippen molar-refractivity contribution in [2.75, 3.05) is 5.73 Å². The monoisotopic (exact) mass is 323 g/mol. The molecule has 0 aliphatic carbocycles. The lowest BCUT2D eigenvalue weighted by Gasteiger charge is -2.19. The van der Waals surface area contributed by atoms with E-state index in [0.717, 1.165) is 5.56 Å². The van der Waals surface area contributed by atoms with Gasteiger partial charge in [0.1, 0.15) is 0 Å². The molecule has 124 valence electrons. The number of hydrogen-bond donors (Lipinski definition) is 1. The third-order valence-electron chi connectivity index (χ3n) is 4.28. The first-order valence-corrected chi connectivity index (χ1v) is 7.82. The minimum atomic E-state index is -0.375. The van der Waals surface area contributed by atoms with Crippen molar-refractivity contribution in [2.24, 2.45) is 7.05 Å². The van der Waals surface area contributed by atoms with Crippen LogP contribution in [0.2, 0.25) is 0 Å². The van der Waals surface area contributed by atoms with Gasteiger partial charge in [-0.15, -0.1) is 0 Å². The Bertz CT molecular complexity index is 986. The fourth-order valence-corrected chi connectivity index (χ4v) is 2.80. The van der Waals surface area contributed by atoms with E-state index in [2.05, 4.69) is 20.8 Å². The van der Waals surface area contributed by atoms with Crippen LogP contribution in [0.1, 0.15) is 36.7 Å². The average Bonchev–Trinajstić information content (AvgIpc) is 2.77. The number of nitrogen functional groups attached to an aromatic ring is 1. The standard InChI is InChI=1S/C19H21N3O2/c1-19(2,3)13-7-5-12(6-8-13)17(23)22-16-11-14(20)9-10-15(16)21(4)18(22)24/h5-11H,20H2,1-4H3. The van der Waals surface area contributed by atoms with E-state index < -0.39 is 0 Å². The Kier molecular flexibility index (Phi) is 3.59. The first-order valence-electron chi connectivity index (χ1n) is 7.82. The van der Waals surface area contributed by atoms with E-state index in [1.807, 2.05) is 12.1 Å². The quantitative estimate of drug-likeness (QED) is 0.700. The third kappa shape index (κ3) is 2.52. The number of nitrogens with zero attached hydrogens (tertiary/aromatic N) is 2. The van der Waals surface area contributed by atoms with E-state index in [1.165, 1.54) is 9.13 Å². The van der Waals surface area contributed by atoms with Gasteiger partial charge in [-0.25, -0.2) is 9.36 Å². The minimum absolute atomic E-state index is 0.00626. The molecule has 0 saturated heterocycles. The van der Waals surface area contributed by atoms with E-state index in [9.17, 15) is 9.59 Å². The molecule has 0 aliphatic heterocycles. The van der Waals surface area contributed by atoms with Crippen LogP contribution < -0.4 is 11.4 Å². The maximum absolute atomic E-state index is 12.9. The highest BCUT2D eigenvalue weighted by Gasteiger charge is 2.19. The van der Waals surface area contributed by atoms with E-state index in [-0.39, 0.29) is 17.0 Å². The van der Waals surface area contributed by atoms with E-state index in [0.29, 0.717) is 22.3 Å². The summed E-state index contributed by atoms with van der Waals surface area (Å²) in [5, 5.41) is 0. The van der Waals surface area contributed by atoms with Crippen LogP contribution in [-0.2, 0) is 12.5 Å². The Morgan fingerprint density at radius 1 is 1.00 bits per heavy atom. The molecular weight excluding hydrogens is 302 g/mol. The van der Waals surface area contributed by atoms with Gasteiger partial charge < -0.3 is 5.73 Å². The molecule has 2 N–H and O–H groups in total. The SMILES string of the molecule is Cn1c(=O)n(C(=O)c2ccc(C(C)(C)C)cc2)c2cc(N)ccc21. The number of hydrogen-bond acceptors (Lipinski definition) is 3. The molecule has 3 aromatic rings. The molecule has 0 aliphatic rings. The molecule has 0 saturated carbocycles. The van der Waals surface area contributed by atoms with Gasteiger partial charge in [-0.05, 0) is 41.3 Å². The zero-order valence-corrected chi connectivity index (χ0v) is 14.3. The molecule has 5 nitrogen and oxygen atoms in total. The maximum Gasteiger partial charge on any atom is 0.335 e. The predicted molar refractivity (Wildman–Crippen MR) is 96.5 cm³/mol. The maximum atomic E-state index is 12.9. The molecule has 0 atom stereocenters. The normalized spacial score (nSPS) is 11.8. The van der Waals surface area contributed by atoms with Crippen molar-refractivity contribution in [2.45, 2.75) is 26.2 Å². The average molecular weight is 323 g/mol. The molecule has 0 amide bonds. The van der Waals surface area contributed by atoms with Gasteiger partial charge in [0, 0.05) is 18.3 Å². The number of nitrogens with two attached hydrogens (primary N) is 1. The van der Waals surface area contributed by atoms with Gasteiger partial charge in [0.15, 0.2) is 0 Å². The molecule has 0 unspecified atom stereocenters. The Morgan fingerprint density at radius 3 is 2.21 bits per heavy atom. The van der Waals surface area contributed by atoms with Crippen LogP contribution in [0.3, 0.4) is 0 Å². The Hall–Kier alpha value is -2.82. The van der Waals surface area contributed by atoms with Crippen LogP contribution >= 0.6 is 0 Å². The van der Waals surface area contributed by atoms with Crippen molar-refractivity contribution < 1.29 is 4.79 Å². The fourth-order valence-electron chi connectivity index (χ4n) is 2.80. The number of aryl methyl sites for hydroxylation is 1. The Balaban J connectivity index is 2.14. The molecule has 0 bridgehead atoms. The lowest BCUT2D eigenvalue weighted by atomic mass is 9.87. The first kappa shape index (κ1) is 16.1. The molecule has 2 aromatic carbocycles. The van der Waals surface area contributed by atoms with Gasteiger partial charge >= 0.3 is 5.69 Å². The van der Waals surface area contributed by atoms with E-state index >= 15 is 0 Å². The first-order chi connectivity index (χ1) is 11.2. The zero-order valence-electron chi connectivity index (χ0n) is 14.3. The summed E-state index contributed by atoms with van der Waals surface area (Å²) >= 11 is 0. The summed E-state index contributed by atoms with van der Waals surface area (Å²) in [7, 11) is 1.65. The number of imidazole rings is 1. The highest BCUT2D eigenvalue weighted by Crippen LogP contribution is 2.23. The summed E-state index contributed by atoms with van der Waals surface area (Å²) in [6.07, 6.45) is 0. The number of aromatic nitrogens is 2. The van der Waals surface area contributed by atoms with Crippen LogP contribution in [-0.4, -0.2) is 15.0 Å². The van der Waals surface area contributed by atoms with Crippen LogP contribution in [0.15, 0.2) is 47.3 Å². The zero-order chi connectivity index (χ0) is 17.6. The molecule has 3 rings (SSSR count). The summed E-state index contributed by atoms with van der Waals surface area (Å²) < 4.78 is 2.63. The lowest BCUT2D eigenvalue weighted by molar-refractivity contribution is 0.0960. The van der Waals surface area contributed by atoms with E-state index in [4.69, 9.17) is 5.73 Å². The highest BCUT2D eigenvalue weighted by molar-refractivity contribution is 6.01. The number of fused-ring (bicyclic) bond motifs is 1. The van der Waals surface area contributed by atoms with E-state index in [1.54, 1.807) is 37.4 Å². The second-order valence-corrected chi connectivity index (χ2v) is 7.06. The van der Waals surface area contributed by atoms with Crippen molar-refractivity contribution in [1.82, 2.24) is 9.13 Å². The molecular formula is C19H21N3O2. The predicted octanol–water partition coefficient (Wildman–Crippen LogP) is 2.91. The Labute approximate surface area is 140 Å². The minimum Gasteiger partial charge on any atom is -0.399 e. The summed E-state index contributed by atoms with van der Waals surface area (Å²) in [6, 6.07) is 12.5. The van der Waals surface area contributed by atoms with Crippen molar-refractivity contribution in [3.8, 4) is 0 Å². The summed E-state index contributed by atoms with van der Waals surface area (Å²) in [5.74, 6) is -0.350. The van der Waals surface area contributed by atoms with Gasteiger partial charge in [-0.3, -0.25) is 9.36 Å². The highest BCUT2D eigenvalue weighted by atomic mass is 16.2. The largest absolute Gasteiger partial charge is 0.399 e. The summed E-state index contributed by atoms with van der Waals surface area (Å²) in [6.45, 7) is 6.34. The Morgan fingerprint density at radius 2 is 1.62 bits per heavy atom. The van der Waals surface area contributed by atoms with Crippen LogP contribution in [0.25, 0.3) is 11.0 Å². The molecule has 24 heavy (non-hydrogen) atoms. The lowest BCUT2D eigenvalue weighted by Crippen LogP contribution is -2.28. The number of benzene rings is 2. The van der Waals surface area contributed by atoms with Gasteiger partial charge in [0.05, 0.1) is 11.0 Å². The number of carbonyl (C=O) groups excluding carboxylic acids is 1. The molecule has 1 heterocycles. The topological polar surface area (TPSA) is 70.0 Å². The molecule has 0 spiro atoms. The van der Waals surface area contributed by atoms with Crippen molar-refractivity contribution in [1.29, 1.82) is 0 Å². The fraction of sp³-hybridized carbons (Fsp3) is 0.263. The van der Waals surface area contributed by atoms with Crippen LogP contribution in [0.5, 0.6) is 0 Å². The smallest absolute Gasteiger partial charge is 0.335 e. The molecule has 0 fully saturated rings. The third-order valence-corrected chi connectivity index (χ3v) is 4.28. The number of carbonyl (C=O) groups is 1. The van der Waals surface area contributed by atoms with Crippen LogP contribution in [0.4, 0.5) is 5.69 Å². The van der Waals surface area contributed by atoms with Crippen molar-refractivity contribution >= 4 is 22.6 Å². The van der Waals surface area contributed by atoms with Crippen molar-refractivity contribution in [3.05, 3.63) is 64.1 Å². The van der Waals surface area contributed by atoms with Gasteiger partial charge in [-0.2, -0.15) is 0 Å². The molecule has 5 heteroatoms. The molecule has 1 aromatic heterocycles. The second-order valence-electron chi connectivity index (χ2n) is 7.06. The number of anilines is 1.